The maximum absolute atomic E-state index is 2.38. The molecule has 0 aromatic heterocycles. The van der Waals surface area contributed by atoms with Crippen LogP contribution in [0.1, 0.15) is 18.1 Å². The summed E-state index contributed by atoms with van der Waals surface area (Å²) < 4.78 is 0. The summed E-state index contributed by atoms with van der Waals surface area (Å²) in [5.74, 6) is 2.38. The third kappa shape index (κ3) is 2.42. The van der Waals surface area contributed by atoms with Crippen molar-refractivity contribution in [3.8, 4) is 0 Å². The van der Waals surface area contributed by atoms with Crippen molar-refractivity contribution in [3.63, 3.8) is 0 Å². The topological polar surface area (TPSA) is 0 Å². The third-order valence-electron chi connectivity index (χ3n) is 4.76. The molecule has 0 saturated carbocycles. The Bertz CT molecular complexity index is 894. The Labute approximate surface area is 146 Å². The summed E-state index contributed by atoms with van der Waals surface area (Å²) in [6.07, 6.45) is 1.16. The van der Waals surface area contributed by atoms with Crippen molar-refractivity contribution >= 4 is 36.5 Å². The van der Waals surface area contributed by atoms with Crippen molar-refractivity contribution < 1.29 is 0 Å². The molecule has 0 saturated heterocycles. The van der Waals surface area contributed by atoms with E-state index in [9.17, 15) is 0 Å². The second kappa shape index (κ2) is 6.56. The number of hydrogen-bond acceptors (Lipinski definition) is 0. The fraction of sp³-hybridized carbons (Fsp3) is 0.0909. The van der Waals surface area contributed by atoms with Crippen LogP contribution in [0.25, 0.3) is 0 Å². The van der Waals surface area contributed by atoms with E-state index in [1.807, 2.05) is 0 Å². The van der Waals surface area contributed by atoms with Gasteiger partial charge in [0.15, 0.2) is 0 Å². The second-order valence-corrected chi connectivity index (χ2v) is 11.0. The Morgan fingerprint density at radius 2 is 1.25 bits per heavy atom. The molecule has 0 amide bonds. The molecular formula is C22H20P2. The lowest BCUT2D eigenvalue weighted by atomic mass is 10.1. The van der Waals surface area contributed by atoms with Crippen LogP contribution < -0.4 is 10.6 Å². The smallest absolute Gasteiger partial charge is 0.0152 e. The predicted molar refractivity (Wildman–Crippen MR) is 112 cm³/mol. The van der Waals surface area contributed by atoms with Crippen LogP contribution in [0.3, 0.4) is 0 Å². The summed E-state index contributed by atoms with van der Waals surface area (Å²) in [5.41, 5.74) is 2.83. The van der Waals surface area contributed by atoms with E-state index in [4.69, 9.17) is 0 Å². The molecule has 24 heavy (non-hydrogen) atoms. The maximum Gasteiger partial charge on any atom is 0.0152 e. The Balaban J connectivity index is 2.14. The SMILES string of the molecule is CCP(=C1P=Cc2ccccc21)(c1ccccc1)c1ccccc1. The van der Waals surface area contributed by atoms with Gasteiger partial charge in [-0.05, 0) is 40.6 Å². The average molecular weight is 346 g/mol. The highest BCUT2D eigenvalue weighted by atomic mass is 31.2. The molecule has 2 heteroatoms. The molecule has 1 aliphatic rings. The molecule has 3 aromatic carbocycles. The molecule has 0 spiro atoms. The average Bonchev–Trinajstić information content (AvgIpc) is 3.09. The van der Waals surface area contributed by atoms with Crippen LogP contribution in [0.2, 0.25) is 0 Å². The quantitative estimate of drug-likeness (QED) is 0.588. The summed E-state index contributed by atoms with van der Waals surface area (Å²) in [5, 5.41) is 4.59. The van der Waals surface area contributed by atoms with Gasteiger partial charge in [0.2, 0.25) is 0 Å². The lowest BCUT2D eigenvalue weighted by Gasteiger charge is -2.29. The molecule has 0 bridgehead atoms. The van der Waals surface area contributed by atoms with Gasteiger partial charge in [0.25, 0.3) is 0 Å². The largest absolute Gasteiger partial charge is 0.0664 e. The second-order valence-electron chi connectivity index (χ2n) is 5.97. The molecule has 3 aromatic rings. The molecule has 1 aliphatic heterocycles. The first-order valence-electron chi connectivity index (χ1n) is 8.36. The van der Waals surface area contributed by atoms with E-state index in [0.717, 1.165) is 6.16 Å². The Morgan fingerprint density at radius 3 is 1.83 bits per heavy atom. The third-order valence-corrected chi connectivity index (χ3v) is 11.3. The Morgan fingerprint density at radius 1 is 0.708 bits per heavy atom. The summed E-state index contributed by atoms with van der Waals surface area (Å²) >= 11 is 0. The van der Waals surface area contributed by atoms with Crippen LogP contribution in [0.15, 0.2) is 84.9 Å². The highest BCUT2D eigenvalue weighted by molar-refractivity contribution is 7.99. The summed E-state index contributed by atoms with van der Waals surface area (Å²) in [4.78, 5) is 0. The fourth-order valence-electron chi connectivity index (χ4n) is 3.59. The van der Waals surface area contributed by atoms with Gasteiger partial charge in [-0.25, -0.2) is 0 Å². The van der Waals surface area contributed by atoms with Crippen molar-refractivity contribution in [2.45, 2.75) is 6.92 Å². The van der Waals surface area contributed by atoms with Crippen LogP contribution in [0.4, 0.5) is 0 Å². The van der Waals surface area contributed by atoms with Gasteiger partial charge >= 0.3 is 0 Å². The maximum atomic E-state index is 2.38. The van der Waals surface area contributed by atoms with Gasteiger partial charge in [0.05, 0.1) is 0 Å². The van der Waals surface area contributed by atoms with Crippen molar-refractivity contribution in [2.75, 3.05) is 6.16 Å². The van der Waals surface area contributed by atoms with Gasteiger partial charge in [0, 0.05) is 5.03 Å². The van der Waals surface area contributed by atoms with E-state index in [1.165, 1.54) is 29.9 Å². The molecule has 1 heterocycles. The van der Waals surface area contributed by atoms with Crippen LogP contribution >= 0.6 is 15.1 Å². The van der Waals surface area contributed by atoms with Gasteiger partial charge in [-0.15, -0.1) is 0 Å². The first kappa shape index (κ1) is 15.6. The van der Waals surface area contributed by atoms with Gasteiger partial charge in [-0.3, -0.25) is 0 Å². The normalized spacial score (nSPS) is 13.8. The van der Waals surface area contributed by atoms with E-state index < -0.39 is 6.89 Å². The van der Waals surface area contributed by atoms with Gasteiger partial charge in [0.1, 0.15) is 0 Å². The van der Waals surface area contributed by atoms with Crippen molar-refractivity contribution in [3.05, 3.63) is 96.1 Å². The minimum Gasteiger partial charge on any atom is -0.0664 e. The highest BCUT2D eigenvalue weighted by Gasteiger charge is 2.28. The van der Waals surface area contributed by atoms with Crippen LogP contribution in [-0.2, 0) is 0 Å². The fourth-order valence-corrected chi connectivity index (χ4v) is 10.3. The van der Waals surface area contributed by atoms with Crippen LogP contribution in [0.5, 0.6) is 0 Å². The van der Waals surface area contributed by atoms with Crippen molar-refractivity contribution in [1.82, 2.24) is 0 Å². The van der Waals surface area contributed by atoms with E-state index >= 15 is 0 Å². The number of fused-ring (bicyclic) bond motifs is 1. The van der Waals surface area contributed by atoms with Crippen molar-refractivity contribution in [2.24, 2.45) is 0 Å². The van der Waals surface area contributed by atoms with Crippen LogP contribution in [-0.4, -0.2) is 17.0 Å². The first-order valence-corrected chi connectivity index (χ1v) is 11.3. The van der Waals surface area contributed by atoms with E-state index in [2.05, 4.69) is 97.6 Å². The van der Waals surface area contributed by atoms with E-state index in [1.54, 1.807) is 5.03 Å². The van der Waals surface area contributed by atoms with Crippen LogP contribution in [0, 0.1) is 0 Å². The molecule has 0 fully saturated rings. The number of benzene rings is 3. The lowest BCUT2D eigenvalue weighted by molar-refractivity contribution is 1.50. The Hall–Kier alpha value is -1.87. The standard InChI is InChI=1S/C22H20P2/c1-2-24(19-12-5-3-6-13-19,20-14-7-4-8-15-20)22-21-16-10-9-11-18(21)17-23-22/h3-17H,2H2,1H3. The number of hydrogen-bond donors (Lipinski definition) is 0. The molecule has 0 radical (unpaired) electrons. The molecule has 118 valence electrons. The van der Waals surface area contributed by atoms with E-state index in [0.29, 0.717) is 0 Å². The van der Waals surface area contributed by atoms with Crippen molar-refractivity contribution in [1.29, 1.82) is 0 Å². The Kier molecular flexibility index (Phi) is 4.28. The lowest BCUT2D eigenvalue weighted by Crippen LogP contribution is -2.22. The minimum atomic E-state index is -1.59. The van der Waals surface area contributed by atoms with Gasteiger partial charge < -0.3 is 0 Å². The zero-order chi connectivity index (χ0) is 16.4. The molecule has 0 aliphatic carbocycles. The monoisotopic (exact) mass is 346 g/mol. The predicted octanol–water partition coefficient (Wildman–Crippen LogP) is 4.96. The summed E-state index contributed by atoms with van der Waals surface area (Å²) in [7, 11) is 1.36. The molecule has 0 nitrogen and oxygen atoms in total. The molecule has 0 atom stereocenters. The summed E-state index contributed by atoms with van der Waals surface area (Å²) in [6, 6.07) is 31.2. The van der Waals surface area contributed by atoms with E-state index in [-0.39, 0.29) is 0 Å². The first-order chi connectivity index (χ1) is 11.9. The molecule has 0 unspecified atom stereocenters. The minimum absolute atomic E-state index is 1.16. The summed E-state index contributed by atoms with van der Waals surface area (Å²) in [6.45, 7) is 0.770. The molecule has 0 N–H and O–H groups in total. The van der Waals surface area contributed by atoms with Gasteiger partial charge in [-0.2, -0.15) is 0 Å². The molecular weight excluding hydrogens is 326 g/mol. The zero-order valence-corrected chi connectivity index (χ0v) is 15.6. The zero-order valence-electron chi connectivity index (χ0n) is 13.8. The van der Waals surface area contributed by atoms with Gasteiger partial charge in [-0.1, -0.05) is 100 Å². The molecule has 4 rings (SSSR count). The highest BCUT2D eigenvalue weighted by Crippen LogP contribution is 2.52. The number of rotatable bonds is 3.